The molecule has 2 aromatic carbocycles. The van der Waals surface area contributed by atoms with Crippen molar-refractivity contribution in [2.75, 3.05) is 0 Å². The summed E-state index contributed by atoms with van der Waals surface area (Å²) in [4.78, 5) is 0.713. The topological polar surface area (TPSA) is 34.1 Å². The van der Waals surface area contributed by atoms with Gasteiger partial charge in [0.15, 0.2) is 0 Å². The molecule has 1 heterocycles. The van der Waals surface area contributed by atoms with E-state index in [1.54, 1.807) is 12.1 Å². The van der Waals surface area contributed by atoms with Crippen molar-refractivity contribution in [3.05, 3.63) is 48.3 Å². The van der Waals surface area contributed by atoms with Gasteiger partial charge in [-0.05, 0) is 0 Å². The summed E-state index contributed by atoms with van der Waals surface area (Å²) in [5, 5.41) is 0. The standard InChI is InChI=1S/C12H7FO2S.Bi/c13-10-6-8-12(9-7-10)16(14,15)11-4-2-1-3-5-11;/h1-4,6-8H;/q;+1. The summed E-state index contributed by atoms with van der Waals surface area (Å²) in [5.74, 6) is -0.359. The third-order valence-electron chi connectivity index (χ3n) is 2.61. The van der Waals surface area contributed by atoms with E-state index in [4.69, 9.17) is 0 Å². The minimum atomic E-state index is -3.44. The first-order valence-corrected chi connectivity index (χ1v) is 9.90. The molecule has 1 aliphatic rings. The molecule has 0 saturated heterocycles. The molecule has 0 atom stereocenters. The van der Waals surface area contributed by atoms with Gasteiger partial charge >= 0.3 is 110 Å². The van der Waals surface area contributed by atoms with Crippen LogP contribution in [0.15, 0.2) is 52.3 Å². The van der Waals surface area contributed by atoms with Crippen molar-refractivity contribution in [3.8, 4) is 0 Å². The second-order valence-electron chi connectivity index (χ2n) is 3.70. The SMILES string of the molecule is O=S1(=O)c2cccc[c]2[Bi+][c]2cc(F)ccc21. The number of halogens is 1. The molecule has 17 heavy (non-hydrogen) atoms. The quantitative estimate of drug-likeness (QED) is 0.378. The third kappa shape index (κ3) is 1.72. The van der Waals surface area contributed by atoms with Gasteiger partial charge in [-0.1, -0.05) is 0 Å². The van der Waals surface area contributed by atoms with Gasteiger partial charge in [-0.25, -0.2) is 0 Å². The molecule has 0 fully saturated rings. The Balaban J connectivity index is 2.35. The van der Waals surface area contributed by atoms with Crippen LogP contribution in [0, 0.1) is 5.82 Å². The van der Waals surface area contributed by atoms with Gasteiger partial charge in [0.05, 0.1) is 0 Å². The van der Waals surface area contributed by atoms with Gasteiger partial charge in [-0.15, -0.1) is 0 Å². The van der Waals surface area contributed by atoms with Gasteiger partial charge < -0.3 is 0 Å². The Kier molecular flexibility index (Phi) is 2.56. The molecule has 0 unspecified atom stereocenters. The van der Waals surface area contributed by atoms with E-state index >= 15 is 0 Å². The first-order valence-electron chi connectivity index (χ1n) is 4.94. The fourth-order valence-corrected chi connectivity index (χ4v) is 10.7. The van der Waals surface area contributed by atoms with Gasteiger partial charge in [-0.2, -0.15) is 0 Å². The molecule has 2 radical (unpaired) electrons. The second-order valence-corrected chi connectivity index (χ2v) is 10.2. The maximum absolute atomic E-state index is 13.2. The maximum atomic E-state index is 13.2. The number of fused-ring (bicyclic) bond motifs is 2. The van der Waals surface area contributed by atoms with Crippen molar-refractivity contribution >= 4 is 39.6 Å². The van der Waals surface area contributed by atoms with E-state index in [9.17, 15) is 12.8 Å². The van der Waals surface area contributed by atoms with Crippen LogP contribution in [0.5, 0.6) is 0 Å². The fraction of sp³-hybridized carbons (Fsp3) is 0. The summed E-state index contributed by atoms with van der Waals surface area (Å²) in [5.41, 5.74) is 0. The zero-order chi connectivity index (χ0) is 12.0. The summed E-state index contributed by atoms with van der Waals surface area (Å²) in [6, 6.07) is 11.0. The molecular weight excluding hydrogens is 436 g/mol. The molecular formula is C12H7BiFO2S+. The Morgan fingerprint density at radius 3 is 2.47 bits per heavy atom. The van der Waals surface area contributed by atoms with E-state index in [1.807, 2.05) is 12.1 Å². The predicted molar refractivity (Wildman–Crippen MR) is 63.3 cm³/mol. The van der Waals surface area contributed by atoms with E-state index in [-0.39, 0.29) is 5.82 Å². The Morgan fingerprint density at radius 2 is 1.65 bits per heavy atom. The van der Waals surface area contributed by atoms with Gasteiger partial charge in [0.2, 0.25) is 0 Å². The molecule has 2 nitrogen and oxygen atoms in total. The Labute approximate surface area is 110 Å². The van der Waals surface area contributed by atoms with E-state index < -0.39 is 33.1 Å². The molecule has 2 aromatic rings. The van der Waals surface area contributed by atoms with E-state index in [0.717, 1.165) is 3.27 Å². The van der Waals surface area contributed by atoms with Crippen molar-refractivity contribution in [2.24, 2.45) is 0 Å². The van der Waals surface area contributed by atoms with Crippen LogP contribution in [-0.4, -0.2) is 31.7 Å². The van der Waals surface area contributed by atoms with Crippen LogP contribution in [0.1, 0.15) is 0 Å². The summed E-state index contributed by atoms with van der Waals surface area (Å²) < 4.78 is 39.4. The zero-order valence-corrected chi connectivity index (χ0v) is 12.9. The molecule has 0 bridgehead atoms. The van der Waals surface area contributed by atoms with Crippen LogP contribution in [0.3, 0.4) is 0 Å². The average Bonchev–Trinajstić information content (AvgIpc) is 2.28. The van der Waals surface area contributed by atoms with Gasteiger partial charge in [-0.3, -0.25) is 0 Å². The first kappa shape index (κ1) is 11.3. The number of rotatable bonds is 0. The van der Waals surface area contributed by atoms with Crippen molar-refractivity contribution in [1.29, 1.82) is 0 Å². The minimum absolute atomic E-state index is 0.300. The van der Waals surface area contributed by atoms with Crippen LogP contribution in [-0.2, 0) is 9.84 Å². The molecule has 0 spiro atoms. The van der Waals surface area contributed by atoms with Crippen molar-refractivity contribution < 1.29 is 12.8 Å². The van der Waals surface area contributed by atoms with Gasteiger partial charge in [0.25, 0.3) is 0 Å². The van der Waals surface area contributed by atoms with Crippen molar-refractivity contribution in [3.63, 3.8) is 0 Å². The molecule has 0 saturated carbocycles. The van der Waals surface area contributed by atoms with Crippen LogP contribution >= 0.6 is 0 Å². The summed E-state index contributed by atoms with van der Waals surface area (Å²) in [6.45, 7) is 0. The Bertz CT molecular complexity index is 710. The molecule has 0 amide bonds. The third-order valence-corrected chi connectivity index (χ3v) is 10.5. The van der Waals surface area contributed by atoms with E-state index in [0.29, 0.717) is 13.1 Å². The van der Waals surface area contributed by atoms with Crippen LogP contribution in [0.2, 0.25) is 0 Å². The molecule has 5 heteroatoms. The number of sulfone groups is 1. The van der Waals surface area contributed by atoms with E-state index in [2.05, 4.69) is 0 Å². The Hall–Kier alpha value is -0.797. The van der Waals surface area contributed by atoms with Gasteiger partial charge in [0, 0.05) is 0 Å². The number of hydrogen-bond acceptors (Lipinski definition) is 2. The number of hydrogen-bond donors (Lipinski definition) is 0. The van der Waals surface area contributed by atoms with E-state index in [1.165, 1.54) is 18.2 Å². The van der Waals surface area contributed by atoms with Crippen LogP contribution in [0.4, 0.5) is 4.39 Å². The molecule has 84 valence electrons. The molecule has 3 rings (SSSR count). The van der Waals surface area contributed by atoms with Crippen LogP contribution < -0.4 is 6.54 Å². The monoisotopic (exact) mass is 443 g/mol. The van der Waals surface area contributed by atoms with Crippen molar-refractivity contribution in [2.45, 2.75) is 9.79 Å². The summed E-state index contributed by atoms with van der Waals surface area (Å²) >= 11 is -1.31. The summed E-state index contributed by atoms with van der Waals surface area (Å²) in [7, 11) is -3.44. The number of benzene rings is 2. The van der Waals surface area contributed by atoms with Gasteiger partial charge in [0.1, 0.15) is 0 Å². The molecule has 1 aliphatic heterocycles. The summed E-state index contributed by atoms with van der Waals surface area (Å²) in [6.07, 6.45) is 0. The zero-order valence-electron chi connectivity index (χ0n) is 8.59. The molecule has 0 aliphatic carbocycles. The molecule has 0 N–H and O–H groups in total. The Morgan fingerprint density at radius 1 is 0.941 bits per heavy atom. The first-order chi connectivity index (χ1) is 8.09. The van der Waals surface area contributed by atoms with Crippen LogP contribution in [0.25, 0.3) is 0 Å². The average molecular weight is 443 g/mol. The second kappa shape index (κ2) is 3.86. The van der Waals surface area contributed by atoms with Crippen molar-refractivity contribution in [1.82, 2.24) is 0 Å². The predicted octanol–water partition coefficient (Wildman–Crippen LogP) is 0.627. The molecule has 0 aromatic heterocycles. The fourth-order valence-electron chi connectivity index (χ4n) is 1.83. The normalized spacial score (nSPS) is 16.1.